The molecule has 0 N–H and O–H groups in total. The Bertz CT molecular complexity index is 1890. The number of thiophene rings is 1. The summed E-state index contributed by atoms with van der Waals surface area (Å²) in [6.45, 7) is 4.89. The molecule has 5 aromatic rings. The van der Waals surface area contributed by atoms with Gasteiger partial charge in [0.1, 0.15) is 11.6 Å². The van der Waals surface area contributed by atoms with Crippen LogP contribution in [0.2, 0.25) is 0 Å². The number of carbonyl (C=O) groups is 2. The maximum absolute atomic E-state index is 15.2. The second kappa shape index (κ2) is 13.0. The highest BCUT2D eigenvalue weighted by atomic mass is 32.1. The van der Waals surface area contributed by atoms with E-state index in [0.29, 0.717) is 23.5 Å². The van der Waals surface area contributed by atoms with Crippen molar-refractivity contribution in [3.05, 3.63) is 90.5 Å². The summed E-state index contributed by atoms with van der Waals surface area (Å²) in [5, 5.41) is 0. The van der Waals surface area contributed by atoms with E-state index in [9.17, 15) is 14.0 Å². The molecule has 3 amide bonds. The minimum absolute atomic E-state index is 0.0145. The molecule has 2 fully saturated rings. The lowest BCUT2D eigenvalue weighted by atomic mass is 10.1. The topological polar surface area (TPSA) is 83.8 Å². The SMILES string of the molecule is O=C(Cc1ccc(Oc2ccnc3cc(-c4cn(CCCN5CCCC5)cn4)sc23)c(F)c1)N1CCN(c2ccc(F)cc2)C1=O. The summed E-state index contributed by atoms with van der Waals surface area (Å²) in [4.78, 5) is 40.9. The smallest absolute Gasteiger partial charge is 0.331 e. The number of carbonyl (C=O) groups excluding carboxylic acids is 2. The van der Waals surface area contributed by atoms with Crippen LogP contribution in [0.1, 0.15) is 24.8 Å². The largest absolute Gasteiger partial charge is 0.453 e. The molecule has 236 valence electrons. The molecular formula is C34H32F2N6O3S. The van der Waals surface area contributed by atoms with E-state index in [1.807, 2.05) is 18.6 Å². The summed E-state index contributed by atoms with van der Waals surface area (Å²) >= 11 is 1.49. The van der Waals surface area contributed by atoms with E-state index in [1.54, 1.807) is 18.3 Å². The van der Waals surface area contributed by atoms with E-state index < -0.39 is 23.6 Å². The van der Waals surface area contributed by atoms with Crippen molar-refractivity contribution >= 4 is 39.2 Å². The molecular weight excluding hydrogens is 610 g/mol. The van der Waals surface area contributed by atoms with Gasteiger partial charge in [0.05, 0.1) is 33.5 Å². The van der Waals surface area contributed by atoms with Crippen molar-refractivity contribution in [2.75, 3.05) is 37.6 Å². The van der Waals surface area contributed by atoms with Gasteiger partial charge in [-0.15, -0.1) is 11.3 Å². The van der Waals surface area contributed by atoms with Crippen molar-refractivity contribution in [1.82, 2.24) is 24.3 Å². The molecule has 0 saturated carbocycles. The normalized spacial score (nSPS) is 15.4. The van der Waals surface area contributed by atoms with E-state index in [2.05, 4.69) is 19.4 Å². The Balaban J connectivity index is 0.997. The Morgan fingerprint density at radius 2 is 1.74 bits per heavy atom. The average molecular weight is 643 g/mol. The van der Waals surface area contributed by atoms with Crippen LogP contribution in [0.3, 0.4) is 0 Å². The van der Waals surface area contributed by atoms with Gasteiger partial charge < -0.3 is 14.2 Å². The molecule has 5 heterocycles. The number of halogens is 2. The Labute approximate surface area is 268 Å². The zero-order chi connectivity index (χ0) is 31.6. The summed E-state index contributed by atoms with van der Waals surface area (Å²) in [7, 11) is 0. The molecule has 0 radical (unpaired) electrons. The van der Waals surface area contributed by atoms with Crippen molar-refractivity contribution in [2.24, 2.45) is 0 Å². The first-order chi connectivity index (χ1) is 22.4. The van der Waals surface area contributed by atoms with Crippen molar-refractivity contribution in [1.29, 1.82) is 0 Å². The molecule has 0 atom stereocenters. The van der Waals surface area contributed by atoms with Gasteiger partial charge in [0.15, 0.2) is 11.6 Å². The fraction of sp³-hybridized carbons (Fsp3) is 0.294. The maximum atomic E-state index is 15.2. The molecule has 0 bridgehead atoms. The third-order valence-electron chi connectivity index (χ3n) is 8.37. The van der Waals surface area contributed by atoms with Gasteiger partial charge in [-0.1, -0.05) is 6.07 Å². The highest BCUT2D eigenvalue weighted by Gasteiger charge is 2.34. The number of aryl methyl sites for hydroxylation is 1. The highest BCUT2D eigenvalue weighted by molar-refractivity contribution is 7.22. The highest BCUT2D eigenvalue weighted by Crippen LogP contribution is 2.39. The fourth-order valence-electron chi connectivity index (χ4n) is 5.97. The third-order valence-corrected chi connectivity index (χ3v) is 9.53. The zero-order valence-electron chi connectivity index (χ0n) is 25.1. The number of fused-ring (bicyclic) bond motifs is 1. The number of benzene rings is 2. The average Bonchev–Trinajstić information content (AvgIpc) is 3.87. The van der Waals surface area contributed by atoms with Crippen LogP contribution in [0.5, 0.6) is 11.5 Å². The number of urea groups is 1. The summed E-state index contributed by atoms with van der Waals surface area (Å²) in [6, 6.07) is 13.0. The predicted octanol–water partition coefficient (Wildman–Crippen LogP) is 6.73. The molecule has 2 aliphatic rings. The van der Waals surface area contributed by atoms with Crippen molar-refractivity contribution in [3.63, 3.8) is 0 Å². The number of aromatic nitrogens is 3. The number of rotatable bonds is 10. The second-order valence-electron chi connectivity index (χ2n) is 11.5. The number of hydrogen-bond acceptors (Lipinski definition) is 7. The molecule has 12 heteroatoms. The summed E-state index contributed by atoms with van der Waals surface area (Å²) in [6.07, 6.45) is 9.04. The molecule has 3 aromatic heterocycles. The number of nitrogens with zero attached hydrogens (tertiary/aromatic N) is 6. The maximum Gasteiger partial charge on any atom is 0.331 e. The number of ether oxygens (including phenoxy) is 1. The number of amides is 3. The zero-order valence-corrected chi connectivity index (χ0v) is 25.9. The van der Waals surface area contributed by atoms with Crippen LogP contribution in [-0.2, 0) is 17.8 Å². The lowest BCUT2D eigenvalue weighted by molar-refractivity contribution is -0.126. The van der Waals surface area contributed by atoms with E-state index >= 15 is 4.39 Å². The first-order valence-electron chi connectivity index (χ1n) is 15.4. The van der Waals surface area contributed by atoms with Gasteiger partial charge in [0.25, 0.3) is 0 Å². The van der Waals surface area contributed by atoms with Gasteiger partial charge in [0, 0.05) is 43.8 Å². The van der Waals surface area contributed by atoms with Crippen LogP contribution in [0.15, 0.2) is 73.3 Å². The monoisotopic (exact) mass is 642 g/mol. The Kier molecular flexibility index (Phi) is 8.46. The van der Waals surface area contributed by atoms with Crippen LogP contribution in [-0.4, -0.2) is 69.0 Å². The van der Waals surface area contributed by atoms with Crippen LogP contribution in [0.25, 0.3) is 20.8 Å². The number of imide groups is 1. The molecule has 2 saturated heterocycles. The molecule has 0 spiro atoms. The summed E-state index contributed by atoms with van der Waals surface area (Å²) in [5.74, 6) is -0.995. The fourth-order valence-corrected chi connectivity index (χ4v) is 7.00. The number of anilines is 1. The summed E-state index contributed by atoms with van der Waals surface area (Å²) in [5.41, 5.74) is 2.51. The number of imidazole rings is 1. The lowest BCUT2D eigenvalue weighted by Crippen LogP contribution is -2.37. The standard InChI is InChI=1S/C34H32F2N6O3S/c35-24-5-7-25(8-6-24)41-16-17-42(34(41)44)32(43)19-23-4-9-29(26(36)18-23)45-30-10-11-37-27-20-31(46-33(27)30)28-21-40(22-38-28)15-3-14-39-12-1-2-13-39/h4-11,18,20-22H,1-3,12-17,19H2. The van der Waals surface area contributed by atoms with E-state index in [1.165, 1.54) is 78.6 Å². The molecule has 2 aliphatic heterocycles. The number of likely N-dealkylation sites (tertiary alicyclic amines) is 1. The minimum Gasteiger partial charge on any atom is -0.453 e. The van der Waals surface area contributed by atoms with E-state index in [0.717, 1.165) is 45.2 Å². The third kappa shape index (κ3) is 6.35. The molecule has 9 nitrogen and oxygen atoms in total. The van der Waals surface area contributed by atoms with Gasteiger partial charge >= 0.3 is 6.03 Å². The Morgan fingerprint density at radius 1 is 0.913 bits per heavy atom. The quantitative estimate of drug-likeness (QED) is 0.168. The minimum atomic E-state index is -0.625. The van der Waals surface area contributed by atoms with Gasteiger partial charge in [-0.05, 0) is 86.9 Å². The lowest BCUT2D eigenvalue weighted by Gasteiger charge is -2.17. The van der Waals surface area contributed by atoms with Crippen LogP contribution in [0.4, 0.5) is 19.3 Å². The van der Waals surface area contributed by atoms with Crippen LogP contribution < -0.4 is 9.64 Å². The molecule has 7 rings (SSSR count). The second-order valence-corrected chi connectivity index (χ2v) is 12.6. The molecule has 46 heavy (non-hydrogen) atoms. The molecule has 0 aliphatic carbocycles. The van der Waals surface area contributed by atoms with Crippen LogP contribution >= 0.6 is 11.3 Å². The number of hydrogen-bond donors (Lipinski definition) is 0. The van der Waals surface area contributed by atoms with E-state index in [4.69, 9.17) is 4.74 Å². The van der Waals surface area contributed by atoms with Crippen molar-refractivity contribution in [2.45, 2.75) is 32.2 Å². The van der Waals surface area contributed by atoms with Crippen molar-refractivity contribution in [3.8, 4) is 22.1 Å². The van der Waals surface area contributed by atoms with E-state index in [-0.39, 0.29) is 18.7 Å². The van der Waals surface area contributed by atoms with Crippen molar-refractivity contribution < 1.29 is 23.1 Å². The molecule has 0 unspecified atom stereocenters. The first kappa shape index (κ1) is 30.0. The van der Waals surface area contributed by atoms with Gasteiger partial charge in [0.2, 0.25) is 5.91 Å². The van der Waals surface area contributed by atoms with Crippen LogP contribution in [0, 0.1) is 11.6 Å². The Morgan fingerprint density at radius 3 is 2.54 bits per heavy atom. The Hall–Kier alpha value is -4.68. The van der Waals surface area contributed by atoms with Gasteiger partial charge in [-0.2, -0.15) is 0 Å². The predicted molar refractivity (Wildman–Crippen MR) is 172 cm³/mol. The molecule has 2 aromatic carbocycles. The number of pyridine rings is 1. The summed E-state index contributed by atoms with van der Waals surface area (Å²) < 4.78 is 37.4. The first-order valence-corrected chi connectivity index (χ1v) is 16.2. The van der Waals surface area contributed by atoms with Gasteiger partial charge in [-0.3, -0.25) is 19.6 Å². The van der Waals surface area contributed by atoms with Gasteiger partial charge in [-0.25, -0.2) is 18.6 Å².